The maximum absolute atomic E-state index is 12.3. The Morgan fingerprint density at radius 2 is 1.56 bits per heavy atom. The molecule has 1 heterocycles. The molecule has 3 amide bonds. The Kier molecular flexibility index (Phi) is 7.73. The molecule has 0 spiro atoms. The van der Waals surface area contributed by atoms with E-state index in [9.17, 15) is 9.59 Å². The van der Waals surface area contributed by atoms with Gasteiger partial charge in [-0.2, -0.15) is 0 Å². The molecule has 1 aliphatic rings. The SMILES string of the molecule is CCOC(CC)C(=O)Nc1ccc(NC(=O)N2CCCCCC2)cc1. The minimum atomic E-state index is -0.438. The lowest BCUT2D eigenvalue weighted by atomic mass is 10.2. The van der Waals surface area contributed by atoms with Crippen molar-refractivity contribution >= 4 is 23.3 Å². The predicted molar refractivity (Wildman–Crippen MR) is 99.8 cm³/mol. The van der Waals surface area contributed by atoms with Gasteiger partial charge in [0, 0.05) is 31.1 Å². The highest BCUT2D eigenvalue weighted by molar-refractivity contribution is 5.95. The summed E-state index contributed by atoms with van der Waals surface area (Å²) in [4.78, 5) is 26.3. The van der Waals surface area contributed by atoms with Crippen molar-refractivity contribution in [2.45, 2.75) is 52.1 Å². The standard InChI is InChI=1S/C19H29N3O3/c1-3-17(25-4-2)18(23)20-15-9-11-16(12-10-15)21-19(24)22-13-7-5-6-8-14-22/h9-12,17H,3-8,13-14H2,1-2H3,(H,20,23)(H,21,24). The molecule has 0 radical (unpaired) electrons. The first-order valence-corrected chi connectivity index (χ1v) is 9.22. The number of carbonyl (C=O) groups excluding carboxylic acids is 2. The van der Waals surface area contributed by atoms with E-state index in [4.69, 9.17) is 4.74 Å². The number of carbonyl (C=O) groups is 2. The number of nitrogens with zero attached hydrogens (tertiary/aromatic N) is 1. The molecule has 2 N–H and O–H groups in total. The van der Waals surface area contributed by atoms with Crippen LogP contribution in [-0.2, 0) is 9.53 Å². The van der Waals surface area contributed by atoms with Crippen LogP contribution in [0.5, 0.6) is 0 Å². The third-order valence-corrected chi connectivity index (χ3v) is 4.33. The van der Waals surface area contributed by atoms with Crippen LogP contribution in [0.4, 0.5) is 16.2 Å². The zero-order valence-corrected chi connectivity index (χ0v) is 15.2. The van der Waals surface area contributed by atoms with Crippen molar-refractivity contribution < 1.29 is 14.3 Å². The smallest absolute Gasteiger partial charge is 0.321 e. The van der Waals surface area contributed by atoms with E-state index in [1.165, 1.54) is 12.8 Å². The minimum Gasteiger partial charge on any atom is -0.369 e. The lowest BCUT2D eigenvalue weighted by molar-refractivity contribution is -0.127. The van der Waals surface area contributed by atoms with Gasteiger partial charge in [0.15, 0.2) is 0 Å². The first kappa shape index (κ1) is 19.2. The quantitative estimate of drug-likeness (QED) is 0.821. The van der Waals surface area contributed by atoms with Crippen LogP contribution in [0.3, 0.4) is 0 Å². The average molecular weight is 347 g/mol. The van der Waals surface area contributed by atoms with Crippen molar-refractivity contribution in [2.24, 2.45) is 0 Å². The number of ether oxygens (including phenoxy) is 1. The van der Waals surface area contributed by atoms with Gasteiger partial charge < -0.3 is 20.3 Å². The molecule has 6 heteroatoms. The molecule has 0 saturated carbocycles. The Bertz CT molecular complexity index is 552. The first-order valence-electron chi connectivity index (χ1n) is 9.22. The van der Waals surface area contributed by atoms with E-state index in [-0.39, 0.29) is 11.9 Å². The summed E-state index contributed by atoms with van der Waals surface area (Å²) in [5, 5.41) is 5.77. The fourth-order valence-electron chi connectivity index (χ4n) is 2.92. The maximum atomic E-state index is 12.3. The highest BCUT2D eigenvalue weighted by atomic mass is 16.5. The summed E-state index contributed by atoms with van der Waals surface area (Å²) < 4.78 is 5.40. The Labute approximate surface area is 149 Å². The van der Waals surface area contributed by atoms with Crippen molar-refractivity contribution in [3.63, 3.8) is 0 Å². The van der Waals surface area contributed by atoms with Crippen LogP contribution in [0.1, 0.15) is 46.0 Å². The summed E-state index contributed by atoms with van der Waals surface area (Å²) in [6.07, 6.45) is 4.71. The number of hydrogen-bond acceptors (Lipinski definition) is 3. The predicted octanol–water partition coefficient (Wildman–Crippen LogP) is 3.85. The van der Waals surface area contributed by atoms with Gasteiger partial charge in [-0.1, -0.05) is 19.8 Å². The number of hydrogen-bond donors (Lipinski definition) is 2. The van der Waals surface area contributed by atoms with E-state index >= 15 is 0 Å². The number of rotatable bonds is 6. The van der Waals surface area contributed by atoms with Gasteiger partial charge in [-0.15, -0.1) is 0 Å². The van der Waals surface area contributed by atoms with Gasteiger partial charge in [-0.3, -0.25) is 4.79 Å². The summed E-state index contributed by atoms with van der Waals surface area (Å²) in [6.45, 7) is 5.93. The van der Waals surface area contributed by atoms with Crippen molar-refractivity contribution in [2.75, 3.05) is 30.3 Å². The maximum Gasteiger partial charge on any atom is 0.321 e. The van der Waals surface area contributed by atoms with Gasteiger partial charge in [0.05, 0.1) is 0 Å². The molecule has 2 rings (SSSR count). The fourth-order valence-corrected chi connectivity index (χ4v) is 2.92. The van der Waals surface area contributed by atoms with Gasteiger partial charge in [0.2, 0.25) is 0 Å². The van der Waals surface area contributed by atoms with Crippen LogP contribution < -0.4 is 10.6 Å². The molecule has 25 heavy (non-hydrogen) atoms. The number of nitrogens with one attached hydrogen (secondary N) is 2. The second kappa shape index (κ2) is 10.0. The zero-order chi connectivity index (χ0) is 18.1. The molecule has 0 aliphatic carbocycles. The summed E-state index contributed by atoms with van der Waals surface area (Å²) in [5.74, 6) is -0.147. The van der Waals surface area contributed by atoms with Gasteiger partial charge >= 0.3 is 6.03 Å². The molecule has 6 nitrogen and oxygen atoms in total. The van der Waals surface area contributed by atoms with E-state index in [1.807, 2.05) is 18.7 Å². The average Bonchev–Trinajstić information content (AvgIpc) is 2.90. The molecule has 1 aromatic rings. The van der Waals surface area contributed by atoms with E-state index in [2.05, 4.69) is 10.6 Å². The Morgan fingerprint density at radius 3 is 2.08 bits per heavy atom. The molecule has 1 unspecified atom stereocenters. The normalized spacial score (nSPS) is 16.0. The second-order valence-electron chi connectivity index (χ2n) is 6.25. The highest BCUT2D eigenvalue weighted by Gasteiger charge is 2.17. The van der Waals surface area contributed by atoms with E-state index < -0.39 is 6.10 Å². The summed E-state index contributed by atoms with van der Waals surface area (Å²) in [5.41, 5.74) is 1.42. The monoisotopic (exact) mass is 347 g/mol. The molecular formula is C19H29N3O3. The van der Waals surface area contributed by atoms with Crippen molar-refractivity contribution in [1.82, 2.24) is 4.90 Å². The zero-order valence-electron chi connectivity index (χ0n) is 15.2. The molecule has 1 aliphatic heterocycles. The van der Waals surface area contributed by atoms with Crippen LogP contribution >= 0.6 is 0 Å². The van der Waals surface area contributed by atoms with Crippen LogP contribution in [-0.4, -0.2) is 42.6 Å². The second-order valence-corrected chi connectivity index (χ2v) is 6.25. The number of urea groups is 1. The fraction of sp³-hybridized carbons (Fsp3) is 0.579. The molecule has 1 saturated heterocycles. The van der Waals surface area contributed by atoms with Gasteiger partial charge in [0.25, 0.3) is 5.91 Å². The van der Waals surface area contributed by atoms with Crippen molar-refractivity contribution in [1.29, 1.82) is 0 Å². The topological polar surface area (TPSA) is 70.7 Å². The molecule has 1 atom stereocenters. The van der Waals surface area contributed by atoms with Gasteiger partial charge in [-0.25, -0.2) is 4.79 Å². The summed E-state index contributed by atoms with van der Waals surface area (Å²) in [7, 11) is 0. The summed E-state index contributed by atoms with van der Waals surface area (Å²) >= 11 is 0. The molecule has 138 valence electrons. The Morgan fingerprint density at radius 1 is 1.00 bits per heavy atom. The Hall–Kier alpha value is -2.08. The van der Waals surface area contributed by atoms with Crippen molar-refractivity contribution in [3.8, 4) is 0 Å². The number of likely N-dealkylation sites (tertiary alicyclic amines) is 1. The van der Waals surface area contributed by atoms with E-state index in [0.717, 1.165) is 31.6 Å². The Balaban J connectivity index is 1.88. The number of anilines is 2. The first-order chi connectivity index (χ1) is 12.1. The molecular weight excluding hydrogens is 318 g/mol. The van der Waals surface area contributed by atoms with Crippen LogP contribution in [0.25, 0.3) is 0 Å². The van der Waals surface area contributed by atoms with Crippen LogP contribution in [0.15, 0.2) is 24.3 Å². The lowest BCUT2D eigenvalue weighted by Gasteiger charge is -2.21. The third-order valence-electron chi connectivity index (χ3n) is 4.33. The molecule has 1 aromatic carbocycles. The van der Waals surface area contributed by atoms with E-state index in [0.29, 0.717) is 18.7 Å². The minimum absolute atomic E-state index is 0.0546. The third kappa shape index (κ3) is 6.05. The van der Waals surface area contributed by atoms with Gasteiger partial charge in [-0.05, 0) is 50.5 Å². The number of amides is 3. The highest BCUT2D eigenvalue weighted by Crippen LogP contribution is 2.16. The molecule has 0 bridgehead atoms. The lowest BCUT2D eigenvalue weighted by Crippen LogP contribution is -2.35. The molecule has 1 fully saturated rings. The van der Waals surface area contributed by atoms with Crippen LogP contribution in [0, 0.1) is 0 Å². The summed E-state index contributed by atoms with van der Waals surface area (Å²) in [6, 6.07) is 7.12. The number of benzene rings is 1. The van der Waals surface area contributed by atoms with Crippen LogP contribution in [0.2, 0.25) is 0 Å². The largest absolute Gasteiger partial charge is 0.369 e. The van der Waals surface area contributed by atoms with Gasteiger partial charge in [0.1, 0.15) is 6.10 Å². The molecule has 0 aromatic heterocycles. The van der Waals surface area contributed by atoms with E-state index in [1.54, 1.807) is 24.3 Å². The van der Waals surface area contributed by atoms with Crippen molar-refractivity contribution in [3.05, 3.63) is 24.3 Å².